The highest BCUT2D eigenvalue weighted by Crippen LogP contribution is 2.22. The molecule has 1 aliphatic rings. The number of phenols is 1. The Hall–Kier alpha value is -2.86. The van der Waals surface area contributed by atoms with Gasteiger partial charge in [0.05, 0.1) is 12.1 Å². The Labute approximate surface area is 159 Å². The van der Waals surface area contributed by atoms with Crippen molar-refractivity contribution < 1.29 is 14.7 Å². The third kappa shape index (κ3) is 5.08. The largest absolute Gasteiger partial charge is 0.507 e. The second-order valence-electron chi connectivity index (χ2n) is 6.91. The average Bonchev–Trinajstić information content (AvgIpc) is 2.66. The van der Waals surface area contributed by atoms with Gasteiger partial charge in [-0.25, -0.2) is 0 Å². The Morgan fingerprint density at radius 3 is 2.48 bits per heavy atom. The van der Waals surface area contributed by atoms with Crippen molar-refractivity contribution in [2.24, 2.45) is 0 Å². The molecule has 0 unspecified atom stereocenters. The smallest absolute Gasteiger partial charge is 0.255 e. The molecule has 2 amide bonds. The van der Waals surface area contributed by atoms with Gasteiger partial charge < -0.3 is 15.7 Å². The number of phenolic OH excluding ortho intramolecular Hbond substituents is 1. The molecule has 1 saturated heterocycles. The van der Waals surface area contributed by atoms with E-state index < -0.39 is 0 Å². The maximum atomic E-state index is 12.4. The van der Waals surface area contributed by atoms with Crippen molar-refractivity contribution in [1.82, 2.24) is 10.2 Å². The van der Waals surface area contributed by atoms with Crippen molar-refractivity contribution in [1.29, 1.82) is 0 Å². The maximum Gasteiger partial charge on any atom is 0.255 e. The molecule has 6 nitrogen and oxygen atoms in total. The van der Waals surface area contributed by atoms with Crippen molar-refractivity contribution in [3.05, 3.63) is 59.7 Å². The Bertz CT molecular complexity index is 800. The minimum Gasteiger partial charge on any atom is -0.507 e. The molecule has 2 aromatic rings. The fourth-order valence-corrected chi connectivity index (χ4v) is 3.27. The van der Waals surface area contributed by atoms with Crippen LogP contribution in [0.3, 0.4) is 0 Å². The molecule has 1 fully saturated rings. The molecule has 0 aliphatic carbocycles. The standard InChI is InChI=1S/C21H25N3O3/c1-15-6-5-9-18(20(15)26)21(27)23-17-10-12-24(13-11-17)14-19(25)22-16-7-3-2-4-8-16/h2-9,17,26H,10-14H2,1H3,(H,22,25)(H,23,27). The summed E-state index contributed by atoms with van der Waals surface area (Å²) >= 11 is 0. The highest BCUT2D eigenvalue weighted by Gasteiger charge is 2.23. The van der Waals surface area contributed by atoms with Crippen molar-refractivity contribution in [2.75, 3.05) is 25.0 Å². The number of aromatic hydroxyl groups is 1. The van der Waals surface area contributed by atoms with Crippen LogP contribution in [0.15, 0.2) is 48.5 Å². The van der Waals surface area contributed by atoms with E-state index in [0.717, 1.165) is 31.6 Å². The van der Waals surface area contributed by atoms with Gasteiger partial charge in [-0.05, 0) is 43.5 Å². The Morgan fingerprint density at radius 2 is 1.78 bits per heavy atom. The number of aryl methyl sites for hydroxylation is 1. The van der Waals surface area contributed by atoms with Gasteiger partial charge >= 0.3 is 0 Å². The van der Waals surface area contributed by atoms with Crippen LogP contribution in [0.2, 0.25) is 0 Å². The second kappa shape index (κ2) is 8.68. The van der Waals surface area contributed by atoms with E-state index in [0.29, 0.717) is 17.7 Å². The summed E-state index contributed by atoms with van der Waals surface area (Å²) in [6.07, 6.45) is 1.55. The van der Waals surface area contributed by atoms with Gasteiger partial charge in [0.2, 0.25) is 5.91 Å². The number of anilines is 1. The SMILES string of the molecule is Cc1cccc(C(=O)NC2CCN(CC(=O)Nc3ccccc3)CC2)c1O. The van der Waals surface area contributed by atoms with Crippen LogP contribution in [0.1, 0.15) is 28.8 Å². The lowest BCUT2D eigenvalue weighted by Crippen LogP contribution is -2.46. The third-order valence-corrected chi connectivity index (χ3v) is 4.83. The van der Waals surface area contributed by atoms with Gasteiger partial charge in [-0.3, -0.25) is 14.5 Å². The maximum absolute atomic E-state index is 12.4. The number of nitrogens with one attached hydrogen (secondary N) is 2. The zero-order chi connectivity index (χ0) is 19.2. The molecule has 27 heavy (non-hydrogen) atoms. The third-order valence-electron chi connectivity index (χ3n) is 4.83. The number of amides is 2. The molecule has 0 aromatic heterocycles. The van der Waals surface area contributed by atoms with E-state index in [9.17, 15) is 14.7 Å². The number of carbonyl (C=O) groups excluding carboxylic acids is 2. The molecule has 2 aromatic carbocycles. The van der Waals surface area contributed by atoms with Crippen LogP contribution in [0, 0.1) is 6.92 Å². The van der Waals surface area contributed by atoms with Crippen LogP contribution < -0.4 is 10.6 Å². The van der Waals surface area contributed by atoms with Gasteiger partial charge in [-0.2, -0.15) is 0 Å². The minimum absolute atomic E-state index is 0.0324. The number of hydrogen-bond acceptors (Lipinski definition) is 4. The number of carbonyl (C=O) groups is 2. The van der Waals surface area contributed by atoms with Crippen LogP contribution >= 0.6 is 0 Å². The van der Waals surface area contributed by atoms with E-state index >= 15 is 0 Å². The number of rotatable bonds is 5. The molecule has 0 saturated carbocycles. The zero-order valence-electron chi connectivity index (χ0n) is 15.4. The van der Waals surface area contributed by atoms with Crippen molar-refractivity contribution in [3.8, 4) is 5.75 Å². The highest BCUT2D eigenvalue weighted by molar-refractivity contribution is 5.97. The van der Waals surface area contributed by atoms with Crippen molar-refractivity contribution in [2.45, 2.75) is 25.8 Å². The first-order valence-corrected chi connectivity index (χ1v) is 9.19. The average molecular weight is 367 g/mol. The second-order valence-corrected chi connectivity index (χ2v) is 6.91. The number of benzene rings is 2. The lowest BCUT2D eigenvalue weighted by Gasteiger charge is -2.31. The Balaban J connectivity index is 1.45. The normalized spacial score (nSPS) is 15.3. The molecule has 1 heterocycles. The summed E-state index contributed by atoms with van der Waals surface area (Å²) in [5.41, 5.74) is 1.78. The van der Waals surface area contributed by atoms with Crippen LogP contribution in [0.4, 0.5) is 5.69 Å². The predicted molar refractivity (Wildman–Crippen MR) is 105 cm³/mol. The number of piperidine rings is 1. The van der Waals surface area contributed by atoms with Gasteiger partial charge in [0, 0.05) is 24.8 Å². The van der Waals surface area contributed by atoms with E-state index in [2.05, 4.69) is 15.5 Å². The monoisotopic (exact) mass is 367 g/mol. The topological polar surface area (TPSA) is 81.7 Å². The van der Waals surface area contributed by atoms with E-state index in [1.807, 2.05) is 30.3 Å². The van der Waals surface area contributed by atoms with Gasteiger partial charge in [0.1, 0.15) is 5.75 Å². The predicted octanol–water partition coefficient (Wildman–Crippen LogP) is 2.53. The molecule has 1 aliphatic heterocycles. The lowest BCUT2D eigenvalue weighted by molar-refractivity contribution is -0.117. The molecule has 0 atom stereocenters. The van der Waals surface area contributed by atoms with E-state index in [1.54, 1.807) is 25.1 Å². The first-order chi connectivity index (χ1) is 13.0. The van der Waals surface area contributed by atoms with Crippen LogP contribution in [-0.4, -0.2) is 47.5 Å². The summed E-state index contributed by atoms with van der Waals surface area (Å²) in [6, 6.07) is 14.6. The summed E-state index contributed by atoms with van der Waals surface area (Å²) in [5.74, 6) is -0.255. The highest BCUT2D eigenvalue weighted by atomic mass is 16.3. The van der Waals surface area contributed by atoms with Crippen molar-refractivity contribution in [3.63, 3.8) is 0 Å². The number of likely N-dealkylation sites (tertiary alicyclic amines) is 1. The quantitative estimate of drug-likeness (QED) is 0.759. The van der Waals surface area contributed by atoms with E-state index in [4.69, 9.17) is 0 Å². The van der Waals surface area contributed by atoms with Gasteiger partial charge in [0.25, 0.3) is 5.91 Å². The number of para-hydroxylation sites is 2. The van der Waals surface area contributed by atoms with Crippen LogP contribution in [-0.2, 0) is 4.79 Å². The summed E-state index contributed by atoms with van der Waals surface area (Å²) in [5, 5.41) is 15.9. The van der Waals surface area contributed by atoms with Gasteiger partial charge in [-0.1, -0.05) is 30.3 Å². The lowest BCUT2D eigenvalue weighted by atomic mass is 10.0. The zero-order valence-corrected chi connectivity index (χ0v) is 15.4. The van der Waals surface area contributed by atoms with Gasteiger partial charge in [0.15, 0.2) is 0 Å². The van der Waals surface area contributed by atoms with E-state index in [-0.39, 0.29) is 23.6 Å². The molecule has 0 bridgehead atoms. The number of hydrogen-bond donors (Lipinski definition) is 3. The molecule has 142 valence electrons. The molecule has 3 N–H and O–H groups in total. The fourth-order valence-electron chi connectivity index (χ4n) is 3.27. The molecule has 3 rings (SSSR count). The summed E-state index contributed by atoms with van der Waals surface area (Å²) < 4.78 is 0. The summed E-state index contributed by atoms with van der Waals surface area (Å²) in [4.78, 5) is 26.6. The Morgan fingerprint density at radius 1 is 1.07 bits per heavy atom. The fraction of sp³-hybridized carbons (Fsp3) is 0.333. The van der Waals surface area contributed by atoms with E-state index in [1.165, 1.54) is 0 Å². The molecular weight excluding hydrogens is 342 g/mol. The number of nitrogens with zero attached hydrogens (tertiary/aromatic N) is 1. The summed E-state index contributed by atoms with van der Waals surface area (Å²) in [7, 11) is 0. The van der Waals surface area contributed by atoms with Gasteiger partial charge in [-0.15, -0.1) is 0 Å². The first-order valence-electron chi connectivity index (χ1n) is 9.19. The molecule has 0 spiro atoms. The summed E-state index contributed by atoms with van der Waals surface area (Å²) in [6.45, 7) is 3.60. The molecule has 0 radical (unpaired) electrons. The minimum atomic E-state index is -0.253. The molecule has 6 heteroatoms. The Kier molecular flexibility index (Phi) is 6.08. The van der Waals surface area contributed by atoms with Crippen molar-refractivity contribution >= 4 is 17.5 Å². The molecular formula is C21H25N3O3. The first kappa shape index (κ1) is 18.9. The van der Waals surface area contributed by atoms with Crippen LogP contribution in [0.25, 0.3) is 0 Å². The van der Waals surface area contributed by atoms with Crippen LogP contribution in [0.5, 0.6) is 5.75 Å².